The lowest BCUT2D eigenvalue weighted by atomic mass is 10.00. The Hall–Kier alpha value is -0.0600. The molecule has 0 aliphatic heterocycles. The predicted octanol–water partition coefficient (Wildman–Crippen LogP) is 5.76. The summed E-state index contributed by atoms with van der Waals surface area (Å²) in [6.07, 6.45) is 0.673. The lowest BCUT2D eigenvalue weighted by Crippen LogP contribution is -2.14. The molecule has 0 saturated carbocycles. The number of nitrogens with two attached hydrogens (primary N) is 1. The van der Waals surface area contributed by atoms with Gasteiger partial charge in [-0.05, 0) is 41.8 Å². The van der Waals surface area contributed by atoms with Crippen molar-refractivity contribution in [2.45, 2.75) is 12.5 Å². The summed E-state index contributed by atoms with van der Waals surface area (Å²) in [5.41, 5.74) is 8.29. The van der Waals surface area contributed by atoms with Crippen LogP contribution in [-0.2, 0) is 6.42 Å². The highest BCUT2D eigenvalue weighted by atomic mass is 79.9. The molecule has 0 fully saturated rings. The SMILES string of the molecule is NC(Cc1ccc(Br)cc1Cl)c1ccc(Cl)cc1Br. The Bertz CT molecular complexity index is 602. The van der Waals surface area contributed by atoms with Crippen LogP contribution in [0.2, 0.25) is 10.0 Å². The topological polar surface area (TPSA) is 26.0 Å². The normalized spacial score (nSPS) is 12.5. The molecule has 5 heteroatoms. The fourth-order valence-electron chi connectivity index (χ4n) is 1.84. The maximum absolute atomic E-state index is 6.24. The number of rotatable bonds is 3. The molecule has 0 heterocycles. The number of hydrogen-bond donors (Lipinski definition) is 1. The third-order valence-corrected chi connectivity index (χ3v) is 4.58. The first-order valence-electron chi connectivity index (χ1n) is 5.62. The second-order valence-corrected chi connectivity index (χ2v) is 6.83. The first kappa shape index (κ1) is 15.3. The third kappa shape index (κ3) is 3.96. The fraction of sp³-hybridized carbons (Fsp3) is 0.143. The quantitative estimate of drug-likeness (QED) is 0.667. The average Bonchev–Trinajstić information content (AvgIpc) is 2.32. The molecule has 0 amide bonds. The lowest BCUT2D eigenvalue weighted by Gasteiger charge is -2.15. The summed E-state index contributed by atoms with van der Waals surface area (Å²) >= 11 is 19.0. The van der Waals surface area contributed by atoms with Gasteiger partial charge in [-0.2, -0.15) is 0 Å². The van der Waals surface area contributed by atoms with E-state index < -0.39 is 0 Å². The zero-order chi connectivity index (χ0) is 14.0. The van der Waals surface area contributed by atoms with Gasteiger partial charge >= 0.3 is 0 Å². The number of hydrogen-bond acceptors (Lipinski definition) is 1. The standard InChI is InChI=1S/C14H11Br2Cl2N/c15-9-2-1-8(13(18)6-9)5-14(19)11-4-3-10(17)7-12(11)16/h1-4,6-7,14H,5,19H2. The highest BCUT2D eigenvalue weighted by Gasteiger charge is 2.13. The molecule has 19 heavy (non-hydrogen) atoms. The highest BCUT2D eigenvalue weighted by molar-refractivity contribution is 9.10. The van der Waals surface area contributed by atoms with Crippen molar-refractivity contribution < 1.29 is 0 Å². The Morgan fingerprint density at radius 3 is 2.42 bits per heavy atom. The molecule has 0 bridgehead atoms. The van der Waals surface area contributed by atoms with E-state index in [2.05, 4.69) is 31.9 Å². The van der Waals surface area contributed by atoms with E-state index in [9.17, 15) is 0 Å². The van der Waals surface area contributed by atoms with E-state index in [1.807, 2.05) is 36.4 Å². The molecule has 100 valence electrons. The minimum atomic E-state index is -0.134. The number of benzene rings is 2. The van der Waals surface area contributed by atoms with Gasteiger partial charge in [-0.25, -0.2) is 0 Å². The molecule has 1 nitrogen and oxygen atoms in total. The summed E-state index contributed by atoms with van der Waals surface area (Å²) in [7, 11) is 0. The van der Waals surface area contributed by atoms with Crippen molar-refractivity contribution in [3.05, 3.63) is 66.5 Å². The summed E-state index contributed by atoms with van der Waals surface area (Å²) in [5, 5.41) is 1.40. The van der Waals surface area contributed by atoms with Gasteiger partial charge in [-0.3, -0.25) is 0 Å². The van der Waals surface area contributed by atoms with Crippen LogP contribution in [0.4, 0.5) is 0 Å². The van der Waals surface area contributed by atoms with Crippen LogP contribution in [0.25, 0.3) is 0 Å². The molecule has 2 aromatic carbocycles. The number of halogens is 4. The van der Waals surface area contributed by atoms with E-state index in [0.717, 1.165) is 25.1 Å². The molecule has 2 N–H and O–H groups in total. The molecule has 2 aromatic rings. The van der Waals surface area contributed by atoms with Crippen molar-refractivity contribution in [1.82, 2.24) is 0 Å². The van der Waals surface area contributed by atoms with E-state index in [1.54, 1.807) is 0 Å². The molecule has 1 unspecified atom stereocenters. The van der Waals surface area contributed by atoms with Crippen LogP contribution in [0.3, 0.4) is 0 Å². The fourth-order valence-corrected chi connectivity index (χ4v) is 3.56. The van der Waals surface area contributed by atoms with Crippen LogP contribution in [-0.4, -0.2) is 0 Å². The molecular weight excluding hydrogens is 413 g/mol. The van der Waals surface area contributed by atoms with Gasteiger partial charge in [0.1, 0.15) is 0 Å². The first-order chi connectivity index (χ1) is 8.97. The summed E-state index contributed by atoms with van der Waals surface area (Å²) in [6, 6.07) is 11.3. The first-order valence-corrected chi connectivity index (χ1v) is 7.96. The van der Waals surface area contributed by atoms with E-state index >= 15 is 0 Å². The van der Waals surface area contributed by atoms with Gasteiger partial charge in [0.15, 0.2) is 0 Å². The maximum atomic E-state index is 6.24. The van der Waals surface area contributed by atoms with Gasteiger partial charge in [0.05, 0.1) is 0 Å². The van der Waals surface area contributed by atoms with Crippen LogP contribution < -0.4 is 5.73 Å². The van der Waals surface area contributed by atoms with Crippen LogP contribution in [0.5, 0.6) is 0 Å². The van der Waals surface area contributed by atoms with E-state index in [0.29, 0.717) is 11.4 Å². The van der Waals surface area contributed by atoms with Gasteiger partial charge in [-0.15, -0.1) is 0 Å². The second-order valence-electron chi connectivity index (χ2n) is 4.21. The van der Waals surface area contributed by atoms with Crippen LogP contribution >= 0.6 is 55.1 Å². The van der Waals surface area contributed by atoms with Crippen LogP contribution in [0, 0.1) is 0 Å². The summed E-state index contributed by atoms with van der Waals surface area (Å²) < 4.78 is 1.88. The zero-order valence-corrected chi connectivity index (χ0v) is 14.5. The Kier molecular flexibility index (Phi) is 5.32. The molecule has 0 aliphatic rings. The van der Waals surface area contributed by atoms with Crippen molar-refractivity contribution in [1.29, 1.82) is 0 Å². The summed E-state index contributed by atoms with van der Waals surface area (Å²) in [6.45, 7) is 0. The van der Waals surface area contributed by atoms with Gasteiger partial charge in [0, 0.05) is 25.0 Å². The van der Waals surface area contributed by atoms with Crippen molar-refractivity contribution in [3.63, 3.8) is 0 Å². The molecule has 1 atom stereocenters. The Morgan fingerprint density at radius 1 is 1.05 bits per heavy atom. The highest BCUT2D eigenvalue weighted by Crippen LogP contribution is 2.30. The van der Waals surface area contributed by atoms with Gasteiger partial charge in [0.2, 0.25) is 0 Å². The Labute approximate surface area is 139 Å². The minimum absolute atomic E-state index is 0.134. The van der Waals surface area contributed by atoms with Crippen molar-refractivity contribution >= 4 is 55.1 Å². The smallest absolute Gasteiger partial charge is 0.0449 e. The van der Waals surface area contributed by atoms with Gasteiger partial charge in [0.25, 0.3) is 0 Å². The molecule has 0 radical (unpaired) electrons. The third-order valence-electron chi connectivity index (χ3n) is 2.82. The predicted molar refractivity (Wildman–Crippen MR) is 88.9 cm³/mol. The van der Waals surface area contributed by atoms with Gasteiger partial charge in [-0.1, -0.05) is 67.2 Å². The van der Waals surface area contributed by atoms with E-state index in [-0.39, 0.29) is 6.04 Å². The molecule has 0 saturated heterocycles. The molecule has 0 spiro atoms. The Morgan fingerprint density at radius 2 is 1.79 bits per heavy atom. The largest absolute Gasteiger partial charge is 0.324 e. The lowest BCUT2D eigenvalue weighted by molar-refractivity contribution is 0.718. The molecular formula is C14H11Br2Cl2N. The zero-order valence-electron chi connectivity index (χ0n) is 9.84. The molecule has 2 rings (SSSR count). The maximum Gasteiger partial charge on any atom is 0.0449 e. The van der Waals surface area contributed by atoms with Crippen molar-refractivity contribution in [2.24, 2.45) is 5.73 Å². The van der Waals surface area contributed by atoms with E-state index in [1.165, 1.54) is 0 Å². The van der Waals surface area contributed by atoms with Crippen LogP contribution in [0.1, 0.15) is 17.2 Å². The monoisotopic (exact) mass is 421 g/mol. The van der Waals surface area contributed by atoms with Crippen LogP contribution in [0.15, 0.2) is 45.3 Å². The molecule has 0 aliphatic carbocycles. The minimum Gasteiger partial charge on any atom is -0.324 e. The summed E-state index contributed by atoms with van der Waals surface area (Å²) in [4.78, 5) is 0. The average molecular weight is 424 g/mol. The van der Waals surface area contributed by atoms with Crippen molar-refractivity contribution in [2.75, 3.05) is 0 Å². The second kappa shape index (κ2) is 6.59. The van der Waals surface area contributed by atoms with Gasteiger partial charge < -0.3 is 5.73 Å². The van der Waals surface area contributed by atoms with Crippen molar-refractivity contribution in [3.8, 4) is 0 Å². The molecule has 0 aromatic heterocycles. The van der Waals surface area contributed by atoms with E-state index in [4.69, 9.17) is 28.9 Å². The Balaban J connectivity index is 2.23. The summed E-state index contributed by atoms with van der Waals surface area (Å²) in [5.74, 6) is 0.